The Bertz CT molecular complexity index is 505. The van der Waals surface area contributed by atoms with Crippen molar-refractivity contribution < 1.29 is 0 Å². The molecule has 0 aliphatic rings. The zero-order valence-corrected chi connectivity index (χ0v) is 11.0. The van der Waals surface area contributed by atoms with E-state index in [4.69, 9.17) is 5.73 Å². The molecule has 0 radical (unpaired) electrons. The van der Waals surface area contributed by atoms with Crippen LogP contribution in [0.25, 0.3) is 11.0 Å². The zero-order chi connectivity index (χ0) is 12.6. The molecule has 2 aromatic rings. The van der Waals surface area contributed by atoms with Gasteiger partial charge >= 0.3 is 0 Å². The summed E-state index contributed by atoms with van der Waals surface area (Å²) >= 11 is 0. The van der Waals surface area contributed by atoms with Crippen LogP contribution in [0, 0.1) is 5.41 Å². The third-order valence-corrected chi connectivity index (χ3v) is 3.17. The van der Waals surface area contributed by atoms with E-state index >= 15 is 0 Å². The van der Waals surface area contributed by atoms with Crippen LogP contribution in [-0.2, 0) is 0 Å². The van der Waals surface area contributed by atoms with E-state index in [-0.39, 0.29) is 17.5 Å². The number of benzene rings is 1. The van der Waals surface area contributed by atoms with Gasteiger partial charge < -0.3 is 10.3 Å². The monoisotopic (exact) mass is 231 g/mol. The maximum atomic E-state index is 6.16. The number of para-hydroxylation sites is 2. The molecule has 0 aliphatic heterocycles. The Morgan fingerprint density at radius 3 is 2.47 bits per heavy atom. The van der Waals surface area contributed by atoms with Crippen LogP contribution in [0.2, 0.25) is 0 Å². The lowest BCUT2D eigenvalue weighted by Crippen LogP contribution is -2.37. The second-order valence-electron chi connectivity index (χ2n) is 5.81. The van der Waals surface area contributed by atoms with Crippen LogP contribution in [-0.4, -0.2) is 15.6 Å². The highest BCUT2D eigenvalue weighted by Gasteiger charge is 2.30. The number of hydrogen-bond acceptors (Lipinski definition) is 2. The van der Waals surface area contributed by atoms with Gasteiger partial charge in [-0.3, -0.25) is 0 Å². The highest BCUT2D eigenvalue weighted by atomic mass is 15.1. The summed E-state index contributed by atoms with van der Waals surface area (Å²) in [6.45, 7) is 8.71. The molecule has 0 bridgehead atoms. The summed E-state index contributed by atoms with van der Waals surface area (Å²) in [7, 11) is 0. The molecule has 1 aromatic carbocycles. The van der Waals surface area contributed by atoms with Crippen molar-refractivity contribution in [2.45, 2.75) is 39.8 Å². The molecule has 2 atom stereocenters. The minimum Gasteiger partial charge on any atom is -0.326 e. The van der Waals surface area contributed by atoms with E-state index < -0.39 is 0 Å². The van der Waals surface area contributed by atoms with Gasteiger partial charge in [0.15, 0.2) is 0 Å². The molecule has 1 aromatic heterocycles. The summed E-state index contributed by atoms with van der Waals surface area (Å²) in [6.07, 6.45) is 1.91. The fraction of sp³-hybridized carbons (Fsp3) is 0.500. The number of nitrogens with two attached hydrogens (primary N) is 1. The Morgan fingerprint density at radius 2 is 1.88 bits per heavy atom. The molecular formula is C14H21N3. The van der Waals surface area contributed by atoms with Crippen molar-refractivity contribution in [3.05, 3.63) is 30.6 Å². The van der Waals surface area contributed by atoms with Crippen LogP contribution >= 0.6 is 0 Å². The van der Waals surface area contributed by atoms with Crippen molar-refractivity contribution in [2.75, 3.05) is 0 Å². The van der Waals surface area contributed by atoms with Crippen molar-refractivity contribution in [3.63, 3.8) is 0 Å². The second kappa shape index (κ2) is 4.15. The van der Waals surface area contributed by atoms with Gasteiger partial charge in [0.2, 0.25) is 0 Å². The molecule has 0 fully saturated rings. The summed E-state index contributed by atoms with van der Waals surface area (Å²) in [5, 5.41) is 0. The molecule has 3 heteroatoms. The minimum atomic E-state index is 0.0904. The molecule has 3 nitrogen and oxygen atoms in total. The van der Waals surface area contributed by atoms with Crippen molar-refractivity contribution in [2.24, 2.45) is 11.1 Å². The van der Waals surface area contributed by atoms with E-state index in [2.05, 4.69) is 43.3 Å². The van der Waals surface area contributed by atoms with E-state index in [1.165, 1.54) is 0 Å². The fourth-order valence-electron chi connectivity index (χ4n) is 2.66. The van der Waals surface area contributed by atoms with Crippen LogP contribution in [0.4, 0.5) is 0 Å². The molecule has 0 saturated carbocycles. The summed E-state index contributed by atoms with van der Waals surface area (Å²) in [5.74, 6) is 0. The van der Waals surface area contributed by atoms with E-state index in [0.29, 0.717) is 0 Å². The minimum absolute atomic E-state index is 0.0904. The lowest BCUT2D eigenvalue weighted by atomic mass is 9.82. The predicted molar refractivity (Wildman–Crippen MR) is 71.9 cm³/mol. The molecule has 0 amide bonds. The van der Waals surface area contributed by atoms with Gasteiger partial charge in [-0.15, -0.1) is 0 Å². The van der Waals surface area contributed by atoms with Gasteiger partial charge in [0.1, 0.15) is 0 Å². The maximum Gasteiger partial charge on any atom is 0.0961 e. The fourth-order valence-corrected chi connectivity index (χ4v) is 2.66. The SMILES string of the molecule is CC(N)C(n1cnc2ccccc21)C(C)(C)C. The van der Waals surface area contributed by atoms with Gasteiger partial charge in [0.25, 0.3) is 0 Å². The summed E-state index contributed by atoms with van der Waals surface area (Å²) in [4.78, 5) is 4.44. The van der Waals surface area contributed by atoms with Gasteiger partial charge in [0.05, 0.1) is 23.4 Å². The van der Waals surface area contributed by atoms with Crippen LogP contribution in [0.3, 0.4) is 0 Å². The molecule has 2 N–H and O–H groups in total. The average Bonchev–Trinajstić information content (AvgIpc) is 2.60. The Balaban J connectivity index is 2.57. The first-order valence-electron chi connectivity index (χ1n) is 6.08. The maximum absolute atomic E-state index is 6.16. The number of rotatable bonds is 2. The lowest BCUT2D eigenvalue weighted by molar-refractivity contribution is 0.217. The quantitative estimate of drug-likeness (QED) is 0.863. The predicted octanol–water partition coefficient (Wildman–Crippen LogP) is 2.97. The van der Waals surface area contributed by atoms with E-state index in [9.17, 15) is 0 Å². The molecule has 0 saturated heterocycles. The third kappa shape index (κ3) is 2.20. The van der Waals surface area contributed by atoms with Crippen LogP contribution < -0.4 is 5.73 Å². The van der Waals surface area contributed by atoms with Gasteiger partial charge in [-0.2, -0.15) is 0 Å². The van der Waals surface area contributed by atoms with Gasteiger partial charge in [-0.1, -0.05) is 32.9 Å². The highest BCUT2D eigenvalue weighted by molar-refractivity contribution is 5.75. The average molecular weight is 231 g/mol. The standard InChI is InChI=1S/C14H21N3/c1-10(15)13(14(2,3)4)17-9-16-11-7-5-6-8-12(11)17/h5-10,13H,15H2,1-4H3. The number of aromatic nitrogens is 2. The second-order valence-corrected chi connectivity index (χ2v) is 5.81. The van der Waals surface area contributed by atoms with Crippen molar-refractivity contribution in [1.82, 2.24) is 9.55 Å². The van der Waals surface area contributed by atoms with Gasteiger partial charge in [-0.25, -0.2) is 4.98 Å². The normalized spacial score (nSPS) is 16.1. The van der Waals surface area contributed by atoms with Crippen molar-refractivity contribution >= 4 is 11.0 Å². The van der Waals surface area contributed by atoms with E-state index in [1.54, 1.807) is 0 Å². The summed E-state index contributed by atoms with van der Waals surface area (Å²) in [5.41, 5.74) is 8.45. The molecule has 1 heterocycles. The summed E-state index contributed by atoms with van der Waals surface area (Å²) in [6, 6.07) is 8.53. The molecule has 0 spiro atoms. The molecule has 17 heavy (non-hydrogen) atoms. The van der Waals surface area contributed by atoms with Gasteiger partial charge in [0, 0.05) is 6.04 Å². The molecule has 0 aliphatic carbocycles. The number of hydrogen-bond donors (Lipinski definition) is 1. The van der Waals surface area contributed by atoms with E-state index in [0.717, 1.165) is 11.0 Å². The number of fused-ring (bicyclic) bond motifs is 1. The Morgan fingerprint density at radius 1 is 1.24 bits per heavy atom. The van der Waals surface area contributed by atoms with Crippen LogP contribution in [0.15, 0.2) is 30.6 Å². The van der Waals surface area contributed by atoms with Gasteiger partial charge in [-0.05, 0) is 24.5 Å². The van der Waals surface area contributed by atoms with Crippen LogP contribution in [0.1, 0.15) is 33.7 Å². The Hall–Kier alpha value is -1.35. The first-order chi connectivity index (χ1) is 7.91. The summed E-state index contributed by atoms with van der Waals surface area (Å²) < 4.78 is 2.21. The molecule has 2 rings (SSSR count). The smallest absolute Gasteiger partial charge is 0.0961 e. The topological polar surface area (TPSA) is 43.8 Å². The first-order valence-corrected chi connectivity index (χ1v) is 6.08. The van der Waals surface area contributed by atoms with Crippen molar-refractivity contribution in [3.8, 4) is 0 Å². The lowest BCUT2D eigenvalue weighted by Gasteiger charge is -2.35. The number of imidazole rings is 1. The first kappa shape index (κ1) is 12.1. The van der Waals surface area contributed by atoms with E-state index in [1.807, 2.05) is 24.5 Å². The Labute approximate surface area is 103 Å². The molecule has 92 valence electrons. The zero-order valence-electron chi connectivity index (χ0n) is 11.0. The number of nitrogens with zero attached hydrogens (tertiary/aromatic N) is 2. The largest absolute Gasteiger partial charge is 0.326 e. The molecule has 2 unspecified atom stereocenters. The highest BCUT2D eigenvalue weighted by Crippen LogP contribution is 2.34. The van der Waals surface area contributed by atoms with Crippen molar-refractivity contribution in [1.29, 1.82) is 0 Å². The third-order valence-electron chi connectivity index (χ3n) is 3.17. The van der Waals surface area contributed by atoms with Crippen LogP contribution in [0.5, 0.6) is 0 Å². The Kier molecular flexibility index (Phi) is 2.96. The molecular weight excluding hydrogens is 210 g/mol.